The van der Waals surface area contributed by atoms with Crippen molar-refractivity contribution in [1.82, 2.24) is 0 Å². The molecule has 1 aliphatic rings. The van der Waals surface area contributed by atoms with Gasteiger partial charge in [0, 0.05) is 11.3 Å². The van der Waals surface area contributed by atoms with Gasteiger partial charge in [0.05, 0.1) is 0 Å². The van der Waals surface area contributed by atoms with E-state index in [0.29, 0.717) is 5.92 Å². The molecule has 0 aliphatic heterocycles. The van der Waals surface area contributed by atoms with Gasteiger partial charge in [0.15, 0.2) is 0 Å². The van der Waals surface area contributed by atoms with Crippen LogP contribution in [0.2, 0.25) is 0 Å². The van der Waals surface area contributed by atoms with Crippen LogP contribution in [0.25, 0.3) is 5.57 Å². The fourth-order valence-electron chi connectivity index (χ4n) is 1.79. The maximum Gasteiger partial charge on any atom is 0.0352 e. The van der Waals surface area contributed by atoms with E-state index < -0.39 is 0 Å². The minimum atomic E-state index is 0.572. The van der Waals surface area contributed by atoms with Crippen LogP contribution in [0, 0.1) is 5.92 Å². The Morgan fingerprint density at radius 3 is 2.57 bits per heavy atom. The van der Waals surface area contributed by atoms with Crippen LogP contribution >= 0.6 is 0 Å². The lowest BCUT2D eigenvalue weighted by Gasteiger charge is -2.16. The average molecular weight is 185 g/mol. The highest BCUT2D eigenvalue weighted by Crippen LogP contribution is 2.27. The van der Waals surface area contributed by atoms with Gasteiger partial charge in [-0.3, -0.25) is 0 Å². The minimum absolute atomic E-state index is 0.572. The Kier molecular flexibility index (Phi) is 2.40. The molecule has 1 nitrogen and oxygen atoms in total. The number of allylic oxidation sites excluding steroid dienone is 3. The highest BCUT2D eigenvalue weighted by Gasteiger charge is 2.10. The first-order valence-corrected chi connectivity index (χ1v) is 5.00. The Labute approximate surface area is 84.9 Å². The van der Waals surface area contributed by atoms with Gasteiger partial charge in [-0.05, 0) is 17.9 Å². The first-order valence-electron chi connectivity index (χ1n) is 5.00. The molecule has 2 N–H and O–H groups in total. The molecule has 1 heteroatoms. The Bertz CT molecular complexity index is 373. The molecule has 0 amide bonds. The lowest BCUT2D eigenvalue weighted by atomic mass is 9.92. The molecule has 14 heavy (non-hydrogen) atoms. The van der Waals surface area contributed by atoms with Gasteiger partial charge in [-0.2, -0.15) is 0 Å². The first kappa shape index (κ1) is 9.07. The van der Waals surface area contributed by atoms with E-state index >= 15 is 0 Å². The van der Waals surface area contributed by atoms with Crippen LogP contribution in [0.1, 0.15) is 18.9 Å². The van der Waals surface area contributed by atoms with Gasteiger partial charge in [0.1, 0.15) is 0 Å². The van der Waals surface area contributed by atoms with E-state index in [1.54, 1.807) is 0 Å². The smallest absolute Gasteiger partial charge is 0.0352 e. The van der Waals surface area contributed by atoms with Gasteiger partial charge >= 0.3 is 0 Å². The van der Waals surface area contributed by atoms with Crippen LogP contribution in [0.5, 0.6) is 0 Å². The molecule has 1 unspecified atom stereocenters. The second-order valence-corrected chi connectivity index (χ2v) is 3.82. The largest absolute Gasteiger partial charge is 0.398 e. The maximum atomic E-state index is 5.99. The van der Waals surface area contributed by atoms with Crippen LogP contribution < -0.4 is 5.73 Å². The van der Waals surface area contributed by atoms with Crippen molar-refractivity contribution in [3.05, 3.63) is 53.7 Å². The summed E-state index contributed by atoms with van der Waals surface area (Å²) in [7, 11) is 0. The van der Waals surface area contributed by atoms with Crippen molar-refractivity contribution in [3.63, 3.8) is 0 Å². The van der Waals surface area contributed by atoms with Crippen molar-refractivity contribution in [3.8, 4) is 0 Å². The molecular weight excluding hydrogens is 170 g/mol. The molecule has 0 fully saturated rings. The summed E-state index contributed by atoms with van der Waals surface area (Å²) in [6, 6.07) is 10.3. The maximum absolute atomic E-state index is 5.99. The van der Waals surface area contributed by atoms with E-state index in [0.717, 1.165) is 12.1 Å². The summed E-state index contributed by atoms with van der Waals surface area (Å²) in [6.07, 6.45) is 5.46. The summed E-state index contributed by atoms with van der Waals surface area (Å²) >= 11 is 0. The van der Waals surface area contributed by atoms with Crippen LogP contribution in [0.15, 0.2) is 48.2 Å². The second kappa shape index (κ2) is 3.70. The Balaban J connectivity index is 2.34. The van der Waals surface area contributed by atoms with Crippen LogP contribution in [-0.2, 0) is 0 Å². The van der Waals surface area contributed by atoms with Gasteiger partial charge in [0.25, 0.3) is 0 Å². The molecule has 0 aromatic heterocycles. The summed E-state index contributed by atoms with van der Waals surface area (Å²) in [5, 5.41) is 0. The zero-order valence-corrected chi connectivity index (χ0v) is 8.40. The number of benzene rings is 1. The van der Waals surface area contributed by atoms with Crippen molar-refractivity contribution in [2.45, 2.75) is 13.3 Å². The first-order chi connectivity index (χ1) is 6.77. The minimum Gasteiger partial charge on any atom is -0.398 e. The highest BCUT2D eigenvalue weighted by atomic mass is 14.6. The predicted molar refractivity (Wildman–Crippen MR) is 60.5 cm³/mol. The third-order valence-electron chi connectivity index (χ3n) is 2.55. The average Bonchev–Trinajstić information content (AvgIpc) is 2.19. The molecule has 72 valence electrons. The SMILES string of the molecule is CC1C=C(N)C(c2ccccc2)=CC1. The Morgan fingerprint density at radius 2 is 1.93 bits per heavy atom. The van der Waals surface area contributed by atoms with E-state index in [2.05, 4.69) is 31.2 Å². The van der Waals surface area contributed by atoms with Crippen LogP contribution in [0.3, 0.4) is 0 Å². The molecule has 1 aromatic carbocycles. The van der Waals surface area contributed by atoms with Crippen LogP contribution in [-0.4, -0.2) is 0 Å². The summed E-state index contributed by atoms with van der Waals surface area (Å²) in [5.41, 5.74) is 9.31. The summed E-state index contributed by atoms with van der Waals surface area (Å²) in [5.74, 6) is 0.572. The van der Waals surface area contributed by atoms with E-state index in [-0.39, 0.29) is 0 Å². The molecule has 0 saturated heterocycles. The third kappa shape index (κ3) is 1.72. The van der Waals surface area contributed by atoms with Gasteiger partial charge in [-0.25, -0.2) is 0 Å². The molecule has 1 aromatic rings. The van der Waals surface area contributed by atoms with Gasteiger partial charge < -0.3 is 5.73 Å². The van der Waals surface area contributed by atoms with E-state index in [4.69, 9.17) is 5.73 Å². The number of rotatable bonds is 1. The molecule has 0 heterocycles. The zero-order valence-electron chi connectivity index (χ0n) is 8.40. The topological polar surface area (TPSA) is 26.0 Å². The quantitative estimate of drug-likeness (QED) is 0.715. The number of hydrogen-bond donors (Lipinski definition) is 1. The van der Waals surface area contributed by atoms with Gasteiger partial charge in [-0.15, -0.1) is 0 Å². The van der Waals surface area contributed by atoms with Crippen molar-refractivity contribution in [2.75, 3.05) is 0 Å². The lowest BCUT2D eigenvalue weighted by Crippen LogP contribution is -2.07. The fraction of sp³-hybridized carbons (Fsp3) is 0.231. The molecule has 1 atom stereocenters. The molecule has 0 radical (unpaired) electrons. The molecule has 0 bridgehead atoms. The monoisotopic (exact) mass is 185 g/mol. The molecule has 0 spiro atoms. The van der Waals surface area contributed by atoms with E-state index in [1.165, 1.54) is 11.1 Å². The summed E-state index contributed by atoms with van der Waals surface area (Å²) in [4.78, 5) is 0. The summed E-state index contributed by atoms with van der Waals surface area (Å²) < 4.78 is 0. The highest BCUT2D eigenvalue weighted by molar-refractivity contribution is 5.78. The predicted octanol–water partition coefficient (Wildman–Crippen LogP) is 2.95. The molecule has 0 saturated carbocycles. The van der Waals surface area contributed by atoms with E-state index in [1.807, 2.05) is 18.2 Å². The third-order valence-corrected chi connectivity index (χ3v) is 2.55. The second-order valence-electron chi connectivity index (χ2n) is 3.82. The molecule has 1 aliphatic carbocycles. The van der Waals surface area contributed by atoms with Crippen molar-refractivity contribution >= 4 is 5.57 Å². The lowest BCUT2D eigenvalue weighted by molar-refractivity contribution is 0.730. The Morgan fingerprint density at radius 1 is 1.21 bits per heavy atom. The van der Waals surface area contributed by atoms with Crippen molar-refractivity contribution in [2.24, 2.45) is 11.7 Å². The number of hydrogen-bond acceptors (Lipinski definition) is 1. The van der Waals surface area contributed by atoms with Gasteiger partial charge in [-0.1, -0.05) is 49.4 Å². The standard InChI is InChI=1S/C13H15N/c1-10-7-8-12(13(14)9-10)11-5-3-2-4-6-11/h2-6,8-10H,7,14H2,1H3. The fourth-order valence-corrected chi connectivity index (χ4v) is 1.79. The molecular formula is C13H15N. The molecule has 2 rings (SSSR count). The number of nitrogens with two attached hydrogens (primary N) is 1. The van der Waals surface area contributed by atoms with Crippen molar-refractivity contribution < 1.29 is 0 Å². The van der Waals surface area contributed by atoms with Gasteiger partial charge in [0.2, 0.25) is 0 Å². The van der Waals surface area contributed by atoms with Crippen LogP contribution in [0.4, 0.5) is 0 Å². The van der Waals surface area contributed by atoms with Crippen molar-refractivity contribution in [1.29, 1.82) is 0 Å². The normalized spacial score (nSPS) is 21.4. The van der Waals surface area contributed by atoms with E-state index in [9.17, 15) is 0 Å². The summed E-state index contributed by atoms with van der Waals surface area (Å²) in [6.45, 7) is 2.19. The Hall–Kier alpha value is -1.50. The zero-order chi connectivity index (χ0) is 9.97.